The number of hydrogen-bond donors (Lipinski definition) is 1. The van der Waals surface area contributed by atoms with E-state index in [9.17, 15) is 43.9 Å². The van der Waals surface area contributed by atoms with Crippen molar-refractivity contribution in [2.45, 2.75) is 58.3 Å². The predicted octanol–water partition coefficient (Wildman–Crippen LogP) is 5.82. The summed E-state index contributed by atoms with van der Waals surface area (Å²) in [6, 6.07) is 4.60. The third-order valence-electron chi connectivity index (χ3n) is 6.31. The number of ether oxygens (including phenoxy) is 2. The molecule has 0 bridgehead atoms. The molecule has 1 aromatic rings. The Hall–Kier alpha value is -3.25. The van der Waals surface area contributed by atoms with Crippen LogP contribution in [0.2, 0.25) is 0 Å². The molecule has 2 aliphatic heterocycles. The first kappa shape index (κ1) is 29.7. The van der Waals surface area contributed by atoms with Crippen LogP contribution in [0.25, 0.3) is 11.5 Å². The molecular formula is C21H16F11N5O2S. The molecular weight excluding hydrogens is 595 g/mol. The molecule has 0 atom stereocenters. The number of nitrogens with two attached hydrogens (primary N) is 1. The number of methoxy groups -OCH3 is 2. The van der Waals surface area contributed by atoms with Gasteiger partial charge in [0.05, 0.1) is 25.4 Å². The van der Waals surface area contributed by atoms with Crippen LogP contribution in [-0.2, 0) is 6.54 Å². The molecule has 2 N–H and O–H groups in total. The Morgan fingerprint density at radius 1 is 0.825 bits per heavy atom. The van der Waals surface area contributed by atoms with Crippen LogP contribution in [-0.4, -0.2) is 69.0 Å². The average molecular weight is 611 g/mol. The summed E-state index contributed by atoms with van der Waals surface area (Å²) in [6.07, 6.45) is -1.85. The van der Waals surface area contributed by atoms with Gasteiger partial charge in [-0.05, 0) is 30.0 Å². The highest BCUT2D eigenvalue weighted by Crippen LogP contribution is 2.70. The second-order valence-electron chi connectivity index (χ2n) is 8.54. The number of alkyl halides is 11. The third-order valence-corrected chi connectivity index (χ3v) is 7.22. The number of halogens is 11. The normalized spacial score (nSPS) is 21.7. The van der Waals surface area contributed by atoms with Crippen LogP contribution in [0.5, 0.6) is 11.5 Å². The fourth-order valence-electron chi connectivity index (χ4n) is 3.98. The van der Waals surface area contributed by atoms with E-state index in [4.69, 9.17) is 15.2 Å². The first-order valence-corrected chi connectivity index (χ1v) is 11.6. The molecule has 3 aliphatic rings. The number of fused-ring (bicyclic) bond motifs is 1. The van der Waals surface area contributed by atoms with Crippen molar-refractivity contribution in [3.8, 4) is 23.0 Å². The van der Waals surface area contributed by atoms with Gasteiger partial charge in [0.25, 0.3) is 5.67 Å². The van der Waals surface area contributed by atoms with Crippen LogP contribution in [0, 0.1) is 0 Å². The van der Waals surface area contributed by atoms with Gasteiger partial charge in [0.15, 0.2) is 22.5 Å². The third kappa shape index (κ3) is 3.75. The van der Waals surface area contributed by atoms with Crippen LogP contribution in [0.1, 0.15) is 6.42 Å². The number of anilines is 1. The highest BCUT2D eigenvalue weighted by atomic mass is 32.2. The summed E-state index contributed by atoms with van der Waals surface area (Å²) in [6.45, 7) is -1.48. The molecule has 1 fully saturated rings. The molecule has 4 rings (SSSR count). The van der Waals surface area contributed by atoms with Gasteiger partial charge < -0.3 is 19.8 Å². The Balaban J connectivity index is 1.73. The van der Waals surface area contributed by atoms with Gasteiger partial charge in [-0.3, -0.25) is 0 Å². The smallest absolute Gasteiger partial charge is 0.384 e. The SMILES string of the molecule is COc1ccc(OC)c(Sc2nc3c(N)ncn(CCC4(F)C(F)(F)C(F)(F)C(F)(F)C(F)(F)C4(F)F)c-3n2)c1. The molecule has 0 spiro atoms. The van der Waals surface area contributed by atoms with Crippen LogP contribution in [0.4, 0.5) is 54.1 Å². The first-order chi connectivity index (χ1) is 18.3. The number of aromatic nitrogens is 4. The maximum atomic E-state index is 15.2. The van der Waals surface area contributed by atoms with E-state index in [2.05, 4.69) is 15.0 Å². The monoisotopic (exact) mass is 611 g/mol. The average Bonchev–Trinajstić information content (AvgIpc) is 3.31. The summed E-state index contributed by atoms with van der Waals surface area (Å²) in [7, 11) is 2.72. The summed E-state index contributed by atoms with van der Waals surface area (Å²) in [5.74, 6) is -35.6. The molecule has 2 heterocycles. The van der Waals surface area contributed by atoms with Crippen molar-refractivity contribution in [2.24, 2.45) is 0 Å². The van der Waals surface area contributed by atoms with Gasteiger partial charge >= 0.3 is 29.6 Å². The largest absolute Gasteiger partial charge is 0.497 e. The lowest BCUT2D eigenvalue weighted by atomic mass is 9.70. The minimum absolute atomic E-state index is 0.129. The minimum Gasteiger partial charge on any atom is -0.497 e. The molecule has 0 saturated heterocycles. The molecule has 0 radical (unpaired) electrons. The Labute approximate surface area is 221 Å². The Bertz CT molecular complexity index is 1370. The van der Waals surface area contributed by atoms with E-state index in [1.165, 1.54) is 26.4 Å². The molecule has 1 aromatic carbocycles. The van der Waals surface area contributed by atoms with E-state index in [0.29, 0.717) is 27.3 Å². The van der Waals surface area contributed by atoms with Crippen molar-refractivity contribution in [1.82, 2.24) is 19.5 Å². The molecule has 7 nitrogen and oxygen atoms in total. The number of benzene rings is 1. The lowest BCUT2D eigenvalue weighted by Gasteiger charge is -2.52. The minimum atomic E-state index is -7.28. The van der Waals surface area contributed by atoms with Crippen LogP contribution < -0.4 is 15.2 Å². The number of nitrogen functional groups attached to an aromatic ring is 1. The van der Waals surface area contributed by atoms with Crippen LogP contribution in [0.3, 0.4) is 0 Å². The van der Waals surface area contributed by atoms with Crippen molar-refractivity contribution < 1.29 is 57.8 Å². The van der Waals surface area contributed by atoms with Gasteiger partial charge in [0.1, 0.15) is 11.5 Å². The van der Waals surface area contributed by atoms with Gasteiger partial charge in [-0.25, -0.2) is 19.3 Å². The van der Waals surface area contributed by atoms with E-state index in [0.717, 1.165) is 11.8 Å². The van der Waals surface area contributed by atoms with Crippen LogP contribution in [0.15, 0.2) is 34.6 Å². The van der Waals surface area contributed by atoms with Crippen molar-refractivity contribution in [3.05, 3.63) is 24.5 Å². The molecule has 0 unspecified atom stereocenters. The lowest BCUT2D eigenvalue weighted by Crippen LogP contribution is -2.83. The van der Waals surface area contributed by atoms with E-state index < -0.39 is 54.1 Å². The highest BCUT2D eigenvalue weighted by molar-refractivity contribution is 7.99. The highest BCUT2D eigenvalue weighted by Gasteiger charge is 3.00. The molecule has 1 aliphatic carbocycles. The Morgan fingerprint density at radius 2 is 1.40 bits per heavy atom. The van der Waals surface area contributed by atoms with Crippen molar-refractivity contribution in [1.29, 1.82) is 0 Å². The molecule has 0 amide bonds. The van der Waals surface area contributed by atoms with Crippen molar-refractivity contribution >= 4 is 17.6 Å². The Morgan fingerprint density at radius 3 is 1.95 bits per heavy atom. The summed E-state index contributed by atoms with van der Waals surface area (Å²) in [5.41, 5.74) is -0.717. The Kier molecular flexibility index (Phi) is 6.79. The molecule has 19 heteroatoms. The number of aryl methyl sites for hydroxylation is 1. The topological polar surface area (TPSA) is 88.1 Å². The second kappa shape index (κ2) is 9.13. The number of hydrogen-bond acceptors (Lipinski definition) is 7. The lowest BCUT2D eigenvalue weighted by molar-refractivity contribution is -0.485. The molecule has 220 valence electrons. The molecule has 0 aromatic heterocycles. The van der Waals surface area contributed by atoms with Gasteiger partial charge in [-0.15, -0.1) is 0 Å². The zero-order valence-electron chi connectivity index (χ0n) is 20.0. The van der Waals surface area contributed by atoms with Gasteiger partial charge in [-0.1, -0.05) is 0 Å². The predicted molar refractivity (Wildman–Crippen MR) is 116 cm³/mol. The van der Waals surface area contributed by atoms with Crippen molar-refractivity contribution in [3.63, 3.8) is 0 Å². The second-order valence-corrected chi connectivity index (χ2v) is 9.55. The number of imidazole rings is 1. The van der Waals surface area contributed by atoms with E-state index in [1.807, 2.05) is 0 Å². The zero-order valence-corrected chi connectivity index (χ0v) is 20.8. The quantitative estimate of drug-likeness (QED) is 0.337. The molecule has 40 heavy (non-hydrogen) atoms. The summed E-state index contributed by atoms with van der Waals surface area (Å²) in [5, 5.41) is -0.129. The van der Waals surface area contributed by atoms with Gasteiger partial charge in [0.2, 0.25) is 0 Å². The number of nitrogens with zero attached hydrogens (tertiary/aromatic N) is 4. The van der Waals surface area contributed by atoms with E-state index in [1.54, 1.807) is 6.07 Å². The summed E-state index contributed by atoms with van der Waals surface area (Å²) < 4.78 is 166. The van der Waals surface area contributed by atoms with E-state index in [-0.39, 0.29) is 16.7 Å². The zero-order chi connectivity index (χ0) is 30.1. The summed E-state index contributed by atoms with van der Waals surface area (Å²) >= 11 is 0.836. The maximum absolute atomic E-state index is 15.2. The van der Waals surface area contributed by atoms with Gasteiger partial charge in [0, 0.05) is 13.0 Å². The summed E-state index contributed by atoms with van der Waals surface area (Å²) in [4.78, 5) is 12.1. The maximum Gasteiger partial charge on any atom is 0.384 e. The first-order valence-electron chi connectivity index (χ1n) is 10.8. The van der Waals surface area contributed by atoms with Gasteiger partial charge in [-0.2, -0.15) is 43.9 Å². The fourth-order valence-corrected chi connectivity index (χ4v) is 4.87. The molecule has 1 saturated carbocycles. The number of rotatable bonds is 7. The van der Waals surface area contributed by atoms with Crippen molar-refractivity contribution in [2.75, 3.05) is 20.0 Å². The standard InChI is InChI=1S/C21H16F11N5O2S/c1-38-9-3-4-10(39-2)11(7-9)40-15-35-12-13(33)34-8-37(14(12)36-15)6-5-16(22)17(23,24)19(27,28)21(31,32)20(29,30)18(16,25)26/h3-4,7-8H,5-6,33H2,1-2H3. The van der Waals surface area contributed by atoms with Crippen LogP contribution >= 0.6 is 11.8 Å². The van der Waals surface area contributed by atoms with E-state index >= 15 is 4.39 Å². The fraction of sp³-hybridized carbons (Fsp3) is 0.476.